The van der Waals surface area contributed by atoms with Gasteiger partial charge in [-0.3, -0.25) is 9.59 Å². The minimum atomic E-state index is -1.00. The molecule has 31 heavy (non-hydrogen) atoms. The van der Waals surface area contributed by atoms with Crippen LogP contribution in [0.5, 0.6) is 0 Å². The summed E-state index contributed by atoms with van der Waals surface area (Å²) in [5.41, 5.74) is 1.61. The number of hydrogen-bond donors (Lipinski definition) is 1. The van der Waals surface area contributed by atoms with Gasteiger partial charge in [0.2, 0.25) is 11.8 Å². The van der Waals surface area contributed by atoms with Gasteiger partial charge in [-0.15, -0.1) is 0 Å². The first kappa shape index (κ1) is 21.3. The Morgan fingerprint density at radius 1 is 1.13 bits per heavy atom. The molecule has 6 nitrogen and oxygen atoms in total. The molecule has 2 atom stereocenters. The molecule has 1 N–H and O–H groups in total. The number of β-lactam (4-membered cyclic amide) rings is 1. The van der Waals surface area contributed by atoms with Gasteiger partial charge < -0.3 is 19.9 Å². The van der Waals surface area contributed by atoms with Gasteiger partial charge in [0.25, 0.3) is 0 Å². The van der Waals surface area contributed by atoms with E-state index in [1.807, 2.05) is 31.2 Å². The Bertz CT molecular complexity index is 942. The van der Waals surface area contributed by atoms with Crippen molar-refractivity contribution in [2.75, 3.05) is 36.5 Å². The highest BCUT2D eigenvalue weighted by Crippen LogP contribution is 2.42. The molecule has 2 aromatic rings. The van der Waals surface area contributed by atoms with Gasteiger partial charge in [0.05, 0.1) is 25.7 Å². The lowest BCUT2D eigenvalue weighted by Crippen LogP contribution is -2.63. The van der Waals surface area contributed by atoms with Crippen LogP contribution >= 0.6 is 0 Å². The summed E-state index contributed by atoms with van der Waals surface area (Å²) in [5, 5.41) is 2.98. The lowest BCUT2D eigenvalue weighted by atomic mass is 9.83. The van der Waals surface area contributed by atoms with E-state index in [9.17, 15) is 14.0 Å². The third-order valence-corrected chi connectivity index (χ3v) is 6.41. The van der Waals surface area contributed by atoms with E-state index in [1.165, 1.54) is 12.1 Å². The van der Waals surface area contributed by atoms with Crippen LogP contribution < -0.4 is 10.2 Å². The molecule has 0 bridgehead atoms. The molecule has 2 saturated heterocycles. The lowest BCUT2D eigenvalue weighted by molar-refractivity contribution is -0.162. The summed E-state index contributed by atoms with van der Waals surface area (Å²) < 4.78 is 18.7. The van der Waals surface area contributed by atoms with Gasteiger partial charge in [-0.1, -0.05) is 19.1 Å². The topological polar surface area (TPSA) is 61.9 Å². The monoisotopic (exact) mass is 425 g/mol. The van der Waals surface area contributed by atoms with Crippen LogP contribution in [0.15, 0.2) is 48.5 Å². The summed E-state index contributed by atoms with van der Waals surface area (Å²) in [7, 11) is 0. The summed E-state index contributed by atoms with van der Waals surface area (Å²) in [6.07, 6.45) is 0.789. The number of carbonyl (C=O) groups is 2. The van der Waals surface area contributed by atoms with Gasteiger partial charge in [0.1, 0.15) is 11.4 Å². The third kappa shape index (κ3) is 4.14. The Kier molecular flexibility index (Phi) is 5.96. The van der Waals surface area contributed by atoms with Crippen molar-refractivity contribution in [3.05, 3.63) is 59.9 Å². The van der Waals surface area contributed by atoms with Crippen molar-refractivity contribution in [3.63, 3.8) is 0 Å². The van der Waals surface area contributed by atoms with Crippen molar-refractivity contribution < 1.29 is 18.7 Å². The van der Waals surface area contributed by atoms with E-state index in [4.69, 9.17) is 4.74 Å². The van der Waals surface area contributed by atoms with Crippen molar-refractivity contribution in [2.24, 2.45) is 0 Å². The minimum Gasteiger partial charge on any atom is -0.378 e. The van der Waals surface area contributed by atoms with Crippen LogP contribution in [0.3, 0.4) is 0 Å². The van der Waals surface area contributed by atoms with Crippen molar-refractivity contribution in [2.45, 2.75) is 38.3 Å². The summed E-state index contributed by atoms with van der Waals surface area (Å²) in [5.74, 6) is -0.622. The van der Waals surface area contributed by atoms with E-state index in [2.05, 4.69) is 10.2 Å². The van der Waals surface area contributed by atoms with Crippen LogP contribution in [0.25, 0.3) is 0 Å². The number of hydrogen-bond acceptors (Lipinski definition) is 4. The molecule has 0 spiro atoms. The van der Waals surface area contributed by atoms with E-state index < -0.39 is 5.54 Å². The highest BCUT2D eigenvalue weighted by Gasteiger charge is 2.51. The normalized spacial score (nSPS) is 20.7. The number of carbonyl (C=O) groups excluding carboxylic acids is 2. The minimum absolute atomic E-state index is 0.0727. The molecule has 0 saturated carbocycles. The fraction of sp³-hybridized carbons (Fsp3) is 0.417. The first-order chi connectivity index (χ1) is 14.9. The quantitative estimate of drug-likeness (QED) is 0.717. The fourth-order valence-corrected chi connectivity index (χ4v) is 4.27. The van der Waals surface area contributed by atoms with Crippen molar-refractivity contribution >= 4 is 23.2 Å². The highest BCUT2D eigenvalue weighted by atomic mass is 19.1. The van der Waals surface area contributed by atoms with Gasteiger partial charge in [0.15, 0.2) is 0 Å². The molecule has 0 aromatic heterocycles. The van der Waals surface area contributed by atoms with Gasteiger partial charge in [-0.25, -0.2) is 4.39 Å². The number of amides is 2. The number of likely N-dealkylation sites (tertiary alicyclic amines) is 1. The summed E-state index contributed by atoms with van der Waals surface area (Å²) >= 11 is 0. The largest absolute Gasteiger partial charge is 0.378 e. The maximum atomic E-state index is 13.3. The molecule has 164 valence electrons. The second-order valence-corrected chi connectivity index (χ2v) is 8.26. The predicted octanol–water partition coefficient (Wildman–Crippen LogP) is 3.74. The van der Waals surface area contributed by atoms with E-state index in [0.717, 1.165) is 24.3 Å². The Hall–Kier alpha value is -2.93. The molecule has 2 unspecified atom stereocenters. The van der Waals surface area contributed by atoms with Crippen LogP contribution in [-0.4, -0.2) is 48.6 Å². The standard InChI is InChI=1S/C24H28FN3O3/c1-3-24(2,28-21(16-22(28)29)17-4-6-18(25)7-5-17)23(30)26-19-8-10-20(11-9-19)27-12-14-31-15-13-27/h4-11,21H,3,12-16H2,1-2H3,(H,26,30). The molecule has 7 heteroatoms. The SMILES string of the molecule is CCC(C)(C(=O)Nc1ccc(N2CCOCC2)cc1)N1C(=O)CC1c1ccc(F)cc1. The smallest absolute Gasteiger partial charge is 0.250 e. The molecule has 0 radical (unpaired) electrons. The van der Waals surface area contributed by atoms with Gasteiger partial charge in [0, 0.05) is 24.5 Å². The number of morpholine rings is 1. The average molecular weight is 426 g/mol. The van der Waals surface area contributed by atoms with Crippen LogP contribution in [0.4, 0.5) is 15.8 Å². The zero-order valence-electron chi connectivity index (χ0n) is 17.9. The predicted molar refractivity (Wildman–Crippen MR) is 117 cm³/mol. The van der Waals surface area contributed by atoms with Crippen molar-refractivity contribution in [1.29, 1.82) is 0 Å². The summed E-state index contributed by atoms with van der Waals surface area (Å²) in [6.45, 7) is 6.81. The first-order valence-corrected chi connectivity index (χ1v) is 10.7. The molecule has 2 aliphatic heterocycles. The molecule has 2 amide bonds. The molecule has 0 aliphatic carbocycles. The zero-order chi connectivity index (χ0) is 22.0. The maximum absolute atomic E-state index is 13.3. The Labute approximate surface area is 182 Å². The first-order valence-electron chi connectivity index (χ1n) is 10.7. The maximum Gasteiger partial charge on any atom is 0.250 e. The number of ether oxygens (including phenoxy) is 1. The Morgan fingerprint density at radius 2 is 1.77 bits per heavy atom. The highest BCUT2D eigenvalue weighted by molar-refractivity contribution is 6.01. The van der Waals surface area contributed by atoms with Crippen molar-refractivity contribution in [1.82, 2.24) is 4.90 Å². The van der Waals surface area contributed by atoms with Crippen LogP contribution in [0.1, 0.15) is 38.3 Å². The molecular weight excluding hydrogens is 397 g/mol. The molecule has 2 fully saturated rings. The van der Waals surface area contributed by atoms with E-state index in [-0.39, 0.29) is 23.7 Å². The number of halogens is 1. The average Bonchev–Trinajstić information content (AvgIpc) is 2.79. The molecule has 2 heterocycles. The van der Waals surface area contributed by atoms with Crippen LogP contribution in [0, 0.1) is 5.82 Å². The van der Waals surface area contributed by atoms with Gasteiger partial charge in [-0.2, -0.15) is 0 Å². The number of anilines is 2. The second-order valence-electron chi connectivity index (χ2n) is 8.26. The molecule has 4 rings (SSSR count). The van der Waals surface area contributed by atoms with Crippen LogP contribution in [-0.2, 0) is 14.3 Å². The van der Waals surface area contributed by atoms with Gasteiger partial charge >= 0.3 is 0 Å². The molecular formula is C24H28FN3O3. The van der Waals surface area contributed by atoms with Crippen LogP contribution in [0.2, 0.25) is 0 Å². The molecule has 2 aliphatic rings. The molecule has 2 aromatic carbocycles. The van der Waals surface area contributed by atoms with Crippen molar-refractivity contribution in [3.8, 4) is 0 Å². The van der Waals surface area contributed by atoms with E-state index in [1.54, 1.807) is 24.0 Å². The third-order valence-electron chi connectivity index (χ3n) is 6.41. The number of nitrogens with one attached hydrogen (secondary N) is 1. The summed E-state index contributed by atoms with van der Waals surface area (Å²) in [6, 6.07) is 13.6. The van der Waals surface area contributed by atoms with E-state index >= 15 is 0 Å². The number of nitrogens with zero attached hydrogens (tertiary/aromatic N) is 2. The number of benzene rings is 2. The fourth-order valence-electron chi connectivity index (χ4n) is 4.27. The Balaban J connectivity index is 1.48. The Morgan fingerprint density at radius 3 is 2.35 bits per heavy atom. The van der Waals surface area contributed by atoms with E-state index in [0.29, 0.717) is 31.7 Å². The summed E-state index contributed by atoms with van der Waals surface area (Å²) in [4.78, 5) is 29.7. The lowest BCUT2D eigenvalue weighted by Gasteiger charge is -2.50. The zero-order valence-corrected chi connectivity index (χ0v) is 17.9. The van der Waals surface area contributed by atoms with Gasteiger partial charge in [-0.05, 0) is 55.3 Å². The number of rotatable bonds is 6. The second kappa shape index (κ2) is 8.67.